The summed E-state index contributed by atoms with van der Waals surface area (Å²) < 4.78 is 2.03. The van der Waals surface area contributed by atoms with Crippen molar-refractivity contribution in [3.63, 3.8) is 0 Å². The summed E-state index contributed by atoms with van der Waals surface area (Å²) in [5.41, 5.74) is 0.466. The van der Waals surface area contributed by atoms with Gasteiger partial charge in [0, 0.05) is 0 Å². The van der Waals surface area contributed by atoms with Crippen molar-refractivity contribution < 1.29 is 0 Å². The van der Waals surface area contributed by atoms with Crippen LogP contribution in [-0.4, -0.2) is 14.8 Å². The molecule has 0 saturated heterocycles. The van der Waals surface area contributed by atoms with Crippen LogP contribution in [0, 0.1) is 11.3 Å². The fourth-order valence-electron chi connectivity index (χ4n) is 2.61. The molecule has 1 aromatic heterocycles. The first kappa shape index (κ1) is 10.7. The predicted molar refractivity (Wildman–Crippen MR) is 60.5 cm³/mol. The Hall–Kier alpha value is -0.860. The molecule has 0 radical (unpaired) electrons. The van der Waals surface area contributed by atoms with Gasteiger partial charge in [0.05, 0.1) is 6.04 Å². The van der Waals surface area contributed by atoms with Crippen molar-refractivity contribution in [2.45, 2.75) is 52.5 Å². The highest BCUT2D eigenvalue weighted by Crippen LogP contribution is 2.40. The van der Waals surface area contributed by atoms with Gasteiger partial charge < -0.3 is 0 Å². The summed E-state index contributed by atoms with van der Waals surface area (Å²) in [5, 5.41) is 4.23. The second kappa shape index (κ2) is 3.95. The lowest BCUT2D eigenvalue weighted by Crippen LogP contribution is -2.27. The van der Waals surface area contributed by atoms with Crippen LogP contribution in [0.25, 0.3) is 0 Å². The molecule has 84 valence electrons. The molecule has 0 aliphatic heterocycles. The third kappa shape index (κ3) is 2.39. The van der Waals surface area contributed by atoms with Gasteiger partial charge in [-0.1, -0.05) is 20.8 Å². The van der Waals surface area contributed by atoms with Crippen LogP contribution in [0.5, 0.6) is 0 Å². The van der Waals surface area contributed by atoms with Gasteiger partial charge in [-0.15, -0.1) is 0 Å². The van der Waals surface area contributed by atoms with Crippen molar-refractivity contribution in [3.05, 3.63) is 12.7 Å². The molecule has 1 aliphatic carbocycles. The molecule has 0 bridgehead atoms. The summed E-state index contributed by atoms with van der Waals surface area (Å²) in [4.78, 5) is 4.02. The van der Waals surface area contributed by atoms with E-state index in [1.54, 1.807) is 6.33 Å². The van der Waals surface area contributed by atoms with Crippen LogP contribution >= 0.6 is 0 Å². The predicted octanol–water partition coefficient (Wildman–Crippen LogP) is 3.06. The lowest BCUT2D eigenvalue weighted by Gasteiger charge is -2.36. The van der Waals surface area contributed by atoms with Crippen molar-refractivity contribution in [1.29, 1.82) is 0 Å². The Morgan fingerprint density at radius 3 is 2.27 bits per heavy atom. The molecule has 15 heavy (non-hydrogen) atoms. The molecule has 0 spiro atoms. The van der Waals surface area contributed by atoms with Crippen LogP contribution in [0.1, 0.15) is 52.5 Å². The molecule has 0 amide bonds. The highest BCUT2D eigenvalue weighted by Gasteiger charge is 2.30. The summed E-state index contributed by atoms with van der Waals surface area (Å²) >= 11 is 0. The maximum absolute atomic E-state index is 4.23. The van der Waals surface area contributed by atoms with E-state index in [0.29, 0.717) is 11.5 Å². The van der Waals surface area contributed by atoms with E-state index in [4.69, 9.17) is 0 Å². The van der Waals surface area contributed by atoms with Crippen LogP contribution < -0.4 is 0 Å². The molecule has 1 aliphatic rings. The van der Waals surface area contributed by atoms with Gasteiger partial charge in [0.2, 0.25) is 0 Å². The molecular formula is C12H21N3. The summed E-state index contributed by atoms with van der Waals surface area (Å²) in [5.74, 6) is 0.872. The van der Waals surface area contributed by atoms with Crippen LogP contribution in [0.15, 0.2) is 12.7 Å². The maximum atomic E-state index is 4.23. The summed E-state index contributed by atoms with van der Waals surface area (Å²) in [6.07, 6.45) is 8.65. The van der Waals surface area contributed by atoms with E-state index in [9.17, 15) is 0 Å². The van der Waals surface area contributed by atoms with Crippen LogP contribution in [0.3, 0.4) is 0 Å². The minimum Gasteiger partial charge on any atom is -0.250 e. The molecule has 0 unspecified atom stereocenters. The Labute approximate surface area is 91.9 Å². The van der Waals surface area contributed by atoms with Gasteiger partial charge in [-0.3, -0.25) is 0 Å². The quantitative estimate of drug-likeness (QED) is 0.708. The highest BCUT2D eigenvalue weighted by molar-refractivity contribution is 4.82. The Bertz CT molecular complexity index is 289. The van der Waals surface area contributed by atoms with E-state index in [2.05, 4.69) is 30.9 Å². The lowest BCUT2D eigenvalue weighted by atomic mass is 9.71. The standard InChI is InChI=1S/C12H21N3/c1-12(2,3)10-4-6-11(7-5-10)15-9-13-8-14-15/h8-11H,4-7H2,1-3H3. The number of aromatic nitrogens is 3. The molecule has 3 nitrogen and oxygen atoms in total. The fourth-order valence-corrected chi connectivity index (χ4v) is 2.61. The summed E-state index contributed by atoms with van der Waals surface area (Å²) in [6, 6.07) is 0.589. The normalized spacial score (nSPS) is 27.9. The van der Waals surface area contributed by atoms with Crippen molar-refractivity contribution in [3.8, 4) is 0 Å². The minimum absolute atomic E-state index is 0.466. The molecular weight excluding hydrogens is 186 g/mol. The van der Waals surface area contributed by atoms with Crippen LogP contribution in [-0.2, 0) is 0 Å². The topological polar surface area (TPSA) is 30.7 Å². The average Bonchev–Trinajstić information content (AvgIpc) is 2.69. The number of nitrogens with zero attached hydrogens (tertiary/aromatic N) is 3. The van der Waals surface area contributed by atoms with Gasteiger partial charge in [0.1, 0.15) is 12.7 Å². The third-order valence-electron chi connectivity index (χ3n) is 3.73. The van der Waals surface area contributed by atoms with Gasteiger partial charge in [0.25, 0.3) is 0 Å². The first-order chi connectivity index (χ1) is 7.07. The molecule has 1 aromatic rings. The number of hydrogen-bond donors (Lipinski definition) is 0. The maximum Gasteiger partial charge on any atom is 0.137 e. The summed E-state index contributed by atoms with van der Waals surface area (Å²) in [6.45, 7) is 7.06. The molecule has 3 heteroatoms. The van der Waals surface area contributed by atoms with Crippen molar-refractivity contribution >= 4 is 0 Å². The largest absolute Gasteiger partial charge is 0.250 e. The van der Waals surface area contributed by atoms with Gasteiger partial charge in [0.15, 0.2) is 0 Å². The van der Waals surface area contributed by atoms with E-state index < -0.39 is 0 Å². The van der Waals surface area contributed by atoms with Gasteiger partial charge in [-0.05, 0) is 37.0 Å². The Morgan fingerprint density at radius 1 is 1.13 bits per heavy atom. The van der Waals surface area contributed by atoms with Crippen molar-refractivity contribution in [2.24, 2.45) is 11.3 Å². The van der Waals surface area contributed by atoms with Crippen LogP contribution in [0.4, 0.5) is 0 Å². The van der Waals surface area contributed by atoms with E-state index in [1.807, 2.05) is 11.0 Å². The zero-order valence-electron chi connectivity index (χ0n) is 9.98. The van der Waals surface area contributed by atoms with Crippen LogP contribution in [0.2, 0.25) is 0 Å². The molecule has 2 rings (SSSR count). The van der Waals surface area contributed by atoms with Gasteiger partial charge >= 0.3 is 0 Å². The highest BCUT2D eigenvalue weighted by atomic mass is 15.3. The van der Waals surface area contributed by atoms with Crippen molar-refractivity contribution in [2.75, 3.05) is 0 Å². The third-order valence-corrected chi connectivity index (χ3v) is 3.73. The number of rotatable bonds is 1. The SMILES string of the molecule is CC(C)(C)C1CCC(n2cncn2)CC1. The van der Waals surface area contributed by atoms with E-state index >= 15 is 0 Å². The smallest absolute Gasteiger partial charge is 0.137 e. The Balaban J connectivity index is 1.93. The zero-order valence-corrected chi connectivity index (χ0v) is 9.98. The monoisotopic (exact) mass is 207 g/mol. The Morgan fingerprint density at radius 2 is 1.80 bits per heavy atom. The minimum atomic E-state index is 0.466. The van der Waals surface area contributed by atoms with E-state index in [1.165, 1.54) is 25.7 Å². The second-order valence-electron chi connectivity index (χ2n) is 5.75. The van der Waals surface area contributed by atoms with Crippen molar-refractivity contribution in [1.82, 2.24) is 14.8 Å². The first-order valence-electron chi connectivity index (χ1n) is 5.91. The van der Waals surface area contributed by atoms with E-state index in [0.717, 1.165) is 5.92 Å². The fraction of sp³-hybridized carbons (Fsp3) is 0.833. The second-order valence-corrected chi connectivity index (χ2v) is 5.75. The lowest BCUT2D eigenvalue weighted by molar-refractivity contribution is 0.147. The Kier molecular flexibility index (Phi) is 2.81. The molecule has 1 fully saturated rings. The first-order valence-corrected chi connectivity index (χ1v) is 5.91. The molecule has 1 saturated carbocycles. The number of hydrogen-bond acceptors (Lipinski definition) is 2. The molecule has 0 atom stereocenters. The van der Waals surface area contributed by atoms with Gasteiger partial charge in [-0.2, -0.15) is 5.10 Å². The van der Waals surface area contributed by atoms with Gasteiger partial charge in [-0.25, -0.2) is 9.67 Å². The van der Waals surface area contributed by atoms with E-state index in [-0.39, 0.29) is 0 Å². The molecule has 0 aromatic carbocycles. The molecule has 0 N–H and O–H groups in total. The summed E-state index contributed by atoms with van der Waals surface area (Å²) in [7, 11) is 0. The molecule has 1 heterocycles. The average molecular weight is 207 g/mol. The zero-order chi connectivity index (χ0) is 10.9.